The molecule has 2 amide bonds. The van der Waals surface area contributed by atoms with Crippen LogP contribution in [0.25, 0.3) is 0 Å². The lowest BCUT2D eigenvalue weighted by Gasteiger charge is -2.24. The van der Waals surface area contributed by atoms with Gasteiger partial charge in [-0.25, -0.2) is 9.59 Å². The molecule has 1 saturated carbocycles. The molecule has 1 saturated heterocycles. The van der Waals surface area contributed by atoms with Gasteiger partial charge >= 0.3 is 12.0 Å². The van der Waals surface area contributed by atoms with Crippen LogP contribution in [0.1, 0.15) is 39.5 Å². The standard InChI is InChI=1S/C14H24N2O3/c1-3-9(2)12(13(17)18)15-14(19)16-7-10-5-4-6-11(10)8-16/h9-12H,3-8H2,1-2H3,(H,15,19)(H,17,18). The minimum atomic E-state index is -0.943. The number of amides is 2. The fraction of sp³-hybridized carbons (Fsp3) is 0.857. The number of nitrogens with zero attached hydrogens (tertiary/aromatic N) is 1. The summed E-state index contributed by atoms with van der Waals surface area (Å²) in [7, 11) is 0. The Labute approximate surface area is 114 Å². The van der Waals surface area contributed by atoms with Gasteiger partial charge in [0.2, 0.25) is 0 Å². The third-order valence-electron chi connectivity index (χ3n) is 4.77. The molecule has 19 heavy (non-hydrogen) atoms. The van der Waals surface area contributed by atoms with Crippen molar-refractivity contribution in [2.45, 2.75) is 45.6 Å². The number of hydrogen-bond donors (Lipinski definition) is 2. The quantitative estimate of drug-likeness (QED) is 0.818. The molecule has 2 rings (SSSR count). The Hall–Kier alpha value is -1.26. The Bertz CT molecular complexity index is 347. The van der Waals surface area contributed by atoms with Crippen molar-refractivity contribution < 1.29 is 14.7 Å². The molecule has 2 N–H and O–H groups in total. The summed E-state index contributed by atoms with van der Waals surface area (Å²) in [6, 6.07) is -0.986. The maximum absolute atomic E-state index is 12.2. The van der Waals surface area contributed by atoms with E-state index < -0.39 is 12.0 Å². The molecule has 0 aromatic carbocycles. The summed E-state index contributed by atoms with van der Waals surface area (Å²) >= 11 is 0. The molecule has 1 aliphatic carbocycles. The zero-order chi connectivity index (χ0) is 14.0. The van der Waals surface area contributed by atoms with Gasteiger partial charge in [0.05, 0.1) is 0 Å². The van der Waals surface area contributed by atoms with Crippen molar-refractivity contribution in [3.63, 3.8) is 0 Å². The molecule has 1 aliphatic heterocycles. The maximum Gasteiger partial charge on any atom is 0.326 e. The van der Waals surface area contributed by atoms with Crippen LogP contribution < -0.4 is 5.32 Å². The van der Waals surface area contributed by atoms with E-state index in [1.54, 1.807) is 4.90 Å². The molecule has 0 radical (unpaired) electrons. The third kappa shape index (κ3) is 3.01. The monoisotopic (exact) mass is 268 g/mol. The molecule has 0 spiro atoms. The van der Waals surface area contributed by atoms with Crippen LogP contribution in [-0.2, 0) is 4.79 Å². The summed E-state index contributed by atoms with van der Waals surface area (Å²) in [6.07, 6.45) is 4.43. The number of nitrogens with one attached hydrogen (secondary N) is 1. The second kappa shape index (κ2) is 5.80. The molecule has 2 fully saturated rings. The summed E-state index contributed by atoms with van der Waals surface area (Å²) in [5, 5.41) is 11.9. The van der Waals surface area contributed by atoms with E-state index in [0.29, 0.717) is 11.8 Å². The van der Waals surface area contributed by atoms with Crippen LogP contribution in [0.4, 0.5) is 4.79 Å². The normalized spacial score (nSPS) is 28.8. The average Bonchev–Trinajstić information content (AvgIpc) is 2.94. The molecule has 5 heteroatoms. The van der Waals surface area contributed by atoms with Gasteiger partial charge in [0.15, 0.2) is 0 Å². The maximum atomic E-state index is 12.2. The number of aliphatic carboxylic acids is 1. The minimum absolute atomic E-state index is 0.0523. The van der Waals surface area contributed by atoms with E-state index in [-0.39, 0.29) is 11.9 Å². The summed E-state index contributed by atoms with van der Waals surface area (Å²) in [5.41, 5.74) is 0. The Balaban J connectivity index is 1.91. The number of carbonyl (C=O) groups excluding carboxylic acids is 1. The summed E-state index contributed by atoms with van der Waals surface area (Å²) in [6.45, 7) is 5.39. The molecule has 0 bridgehead atoms. The van der Waals surface area contributed by atoms with Gasteiger partial charge in [-0.2, -0.15) is 0 Å². The predicted octanol–water partition coefficient (Wildman–Crippen LogP) is 1.93. The highest BCUT2D eigenvalue weighted by molar-refractivity contribution is 5.83. The van der Waals surface area contributed by atoms with Crippen LogP contribution in [0.5, 0.6) is 0 Å². The SMILES string of the molecule is CCC(C)C(NC(=O)N1CC2CCCC2C1)C(=O)O. The van der Waals surface area contributed by atoms with E-state index in [4.69, 9.17) is 0 Å². The zero-order valence-corrected chi connectivity index (χ0v) is 11.8. The van der Waals surface area contributed by atoms with Crippen LogP contribution in [0.2, 0.25) is 0 Å². The second-order valence-corrected chi connectivity index (χ2v) is 6.01. The lowest BCUT2D eigenvalue weighted by molar-refractivity contribution is -0.140. The first-order valence-corrected chi connectivity index (χ1v) is 7.31. The fourth-order valence-electron chi connectivity index (χ4n) is 3.31. The van der Waals surface area contributed by atoms with Crippen LogP contribution >= 0.6 is 0 Å². The lowest BCUT2D eigenvalue weighted by atomic mass is 9.99. The number of carboxylic acids is 1. The second-order valence-electron chi connectivity index (χ2n) is 6.01. The number of urea groups is 1. The predicted molar refractivity (Wildman–Crippen MR) is 71.8 cm³/mol. The average molecular weight is 268 g/mol. The van der Waals surface area contributed by atoms with Gasteiger partial charge in [0.25, 0.3) is 0 Å². The molecule has 5 nitrogen and oxygen atoms in total. The highest BCUT2D eigenvalue weighted by Crippen LogP contribution is 2.37. The van der Waals surface area contributed by atoms with Gasteiger partial charge in [0, 0.05) is 13.1 Å². The molecular formula is C14H24N2O3. The van der Waals surface area contributed by atoms with Gasteiger partial charge in [-0.3, -0.25) is 0 Å². The number of hydrogen-bond acceptors (Lipinski definition) is 2. The number of carbonyl (C=O) groups is 2. The zero-order valence-electron chi connectivity index (χ0n) is 11.8. The summed E-state index contributed by atoms with van der Waals surface area (Å²) in [5.74, 6) is 0.279. The summed E-state index contributed by atoms with van der Waals surface area (Å²) < 4.78 is 0. The molecular weight excluding hydrogens is 244 g/mol. The highest BCUT2D eigenvalue weighted by atomic mass is 16.4. The highest BCUT2D eigenvalue weighted by Gasteiger charge is 2.39. The Morgan fingerprint density at radius 1 is 1.32 bits per heavy atom. The van der Waals surface area contributed by atoms with Gasteiger partial charge < -0.3 is 15.3 Å². The molecule has 4 unspecified atom stereocenters. The van der Waals surface area contributed by atoms with E-state index in [1.807, 2.05) is 13.8 Å². The number of likely N-dealkylation sites (tertiary alicyclic amines) is 1. The topological polar surface area (TPSA) is 69.6 Å². The Morgan fingerprint density at radius 2 is 1.89 bits per heavy atom. The van der Waals surface area contributed by atoms with E-state index in [1.165, 1.54) is 19.3 Å². The van der Waals surface area contributed by atoms with Crippen LogP contribution in [0.15, 0.2) is 0 Å². The number of carboxylic acid groups (broad SMARTS) is 1. The number of fused-ring (bicyclic) bond motifs is 1. The largest absolute Gasteiger partial charge is 0.480 e. The van der Waals surface area contributed by atoms with Gasteiger partial charge in [-0.05, 0) is 30.6 Å². The van der Waals surface area contributed by atoms with E-state index >= 15 is 0 Å². The Morgan fingerprint density at radius 3 is 2.37 bits per heavy atom. The van der Waals surface area contributed by atoms with Crippen molar-refractivity contribution in [2.24, 2.45) is 17.8 Å². The molecule has 2 aliphatic rings. The van der Waals surface area contributed by atoms with Gasteiger partial charge in [-0.1, -0.05) is 26.7 Å². The number of rotatable bonds is 4. The van der Waals surface area contributed by atoms with Crippen LogP contribution in [0.3, 0.4) is 0 Å². The first kappa shape index (κ1) is 14.2. The van der Waals surface area contributed by atoms with E-state index in [2.05, 4.69) is 5.32 Å². The lowest BCUT2D eigenvalue weighted by Crippen LogP contribution is -2.50. The minimum Gasteiger partial charge on any atom is -0.480 e. The first-order chi connectivity index (χ1) is 9.02. The smallest absolute Gasteiger partial charge is 0.326 e. The van der Waals surface area contributed by atoms with Crippen molar-refractivity contribution in [1.82, 2.24) is 10.2 Å². The van der Waals surface area contributed by atoms with Crippen molar-refractivity contribution in [1.29, 1.82) is 0 Å². The van der Waals surface area contributed by atoms with E-state index in [9.17, 15) is 14.7 Å². The molecule has 0 aromatic rings. The van der Waals surface area contributed by atoms with Crippen molar-refractivity contribution in [3.8, 4) is 0 Å². The van der Waals surface area contributed by atoms with Crippen molar-refractivity contribution in [2.75, 3.05) is 13.1 Å². The molecule has 4 atom stereocenters. The van der Waals surface area contributed by atoms with Gasteiger partial charge in [-0.15, -0.1) is 0 Å². The first-order valence-electron chi connectivity index (χ1n) is 7.31. The molecule has 1 heterocycles. The van der Waals surface area contributed by atoms with Gasteiger partial charge in [0.1, 0.15) is 6.04 Å². The summed E-state index contributed by atoms with van der Waals surface area (Å²) in [4.78, 5) is 25.2. The van der Waals surface area contributed by atoms with Crippen LogP contribution in [0, 0.1) is 17.8 Å². The fourth-order valence-corrected chi connectivity index (χ4v) is 3.31. The van der Waals surface area contributed by atoms with Crippen molar-refractivity contribution >= 4 is 12.0 Å². The van der Waals surface area contributed by atoms with Crippen LogP contribution in [-0.4, -0.2) is 41.1 Å². The van der Waals surface area contributed by atoms with E-state index in [0.717, 1.165) is 19.5 Å². The van der Waals surface area contributed by atoms with Crippen molar-refractivity contribution in [3.05, 3.63) is 0 Å². The molecule has 0 aromatic heterocycles. The molecule has 108 valence electrons. The Kier molecular flexibility index (Phi) is 4.32. The third-order valence-corrected chi connectivity index (χ3v) is 4.77.